The molecule has 1 aromatic heterocycles. The Labute approximate surface area is 177 Å². The Hall–Kier alpha value is -4.01. The molecule has 0 radical (unpaired) electrons. The van der Waals surface area contributed by atoms with Crippen molar-refractivity contribution in [3.8, 4) is 0 Å². The van der Waals surface area contributed by atoms with Gasteiger partial charge in [-0.3, -0.25) is 9.59 Å². The van der Waals surface area contributed by atoms with Crippen LogP contribution >= 0.6 is 0 Å². The minimum absolute atomic E-state index is 0.0585. The average Bonchev–Trinajstić information content (AvgIpc) is 2.78. The van der Waals surface area contributed by atoms with E-state index in [2.05, 4.69) is 10.4 Å². The van der Waals surface area contributed by atoms with Gasteiger partial charge in [0.1, 0.15) is 0 Å². The number of fused-ring (bicyclic) bond motifs is 1. The third-order valence-corrected chi connectivity index (χ3v) is 4.39. The zero-order chi connectivity index (χ0) is 22.4. The van der Waals surface area contributed by atoms with Crippen molar-refractivity contribution in [3.05, 3.63) is 70.1 Å². The maximum absolute atomic E-state index is 12.6. The highest BCUT2D eigenvalue weighted by atomic mass is 16.5. The minimum Gasteiger partial charge on any atom is -0.462 e. The first-order valence-electron chi connectivity index (χ1n) is 9.69. The highest BCUT2D eigenvalue weighted by Gasteiger charge is 2.19. The average molecular weight is 423 g/mol. The van der Waals surface area contributed by atoms with Crippen LogP contribution < -0.4 is 10.9 Å². The van der Waals surface area contributed by atoms with Crippen LogP contribution in [-0.4, -0.2) is 40.8 Å². The van der Waals surface area contributed by atoms with Crippen molar-refractivity contribution in [2.24, 2.45) is 0 Å². The quantitative estimate of drug-likeness (QED) is 0.580. The molecule has 9 nitrogen and oxygen atoms in total. The fraction of sp³-hybridized carbons (Fsp3) is 0.227. The summed E-state index contributed by atoms with van der Waals surface area (Å²) in [4.78, 5) is 49.3. The van der Waals surface area contributed by atoms with Crippen LogP contribution in [0.5, 0.6) is 0 Å². The van der Waals surface area contributed by atoms with Gasteiger partial charge in [0.25, 0.3) is 11.5 Å². The van der Waals surface area contributed by atoms with Gasteiger partial charge in [0.05, 0.1) is 23.2 Å². The molecule has 1 N–H and O–H groups in total. The van der Waals surface area contributed by atoms with E-state index < -0.39 is 24.5 Å². The first-order chi connectivity index (χ1) is 15.0. The number of rotatable bonds is 7. The molecule has 0 fully saturated rings. The molecular weight excluding hydrogens is 402 g/mol. The maximum atomic E-state index is 12.6. The zero-order valence-corrected chi connectivity index (χ0v) is 17.1. The van der Waals surface area contributed by atoms with Gasteiger partial charge in [-0.25, -0.2) is 14.3 Å². The van der Waals surface area contributed by atoms with E-state index in [4.69, 9.17) is 9.47 Å². The molecule has 0 saturated carbocycles. The standard InChI is InChI=1S/C22H21N3O6/c1-3-25-20(27)15-10-6-5-9-14(15)19(24-25)22(29)31-13-18(26)23-17-12-8-7-11-16(17)21(28)30-4-2/h5-12H,3-4,13H2,1-2H3,(H,23,26). The van der Waals surface area contributed by atoms with E-state index in [1.54, 1.807) is 50.2 Å². The first-order valence-corrected chi connectivity index (χ1v) is 9.69. The molecular formula is C22H21N3O6. The summed E-state index contributed by atoms with van der Waals surface area (Å²) >= 11 is 0. The minimum atomic E-state index is -0.841. The molecule has 160 valence electrons. The van der Waals surface area contributed by atoms with Crippen molar-refractivity contribution >= 4 is 34.3 Å². The van der Waals surface area contributed by atoms with Gasteiger partial charge < -0.3 is 14.8 Å². The van der Waals surface area contributed by atoms with Crippen LogP contribution in [0.1, 0.15) is 34.7 Å². The number of benzene rings is 2. The molecule has 0 unspecified atom stereocenters. The van der Waals surface area contributed by atoms with E-state index in [0.717, 1.165) is 4.68 Å². The molecule has 0 aliphatic carbocycles. The molecule has 0 bridgehead atoms. The van der Waals surface area contributed by atoms with Crippen LogP contribution in [0.3, 0.4) is 0 Å². The lowest BCUT2D eigenvalue weighted by molar-refractivity contribution is -0.119. The van der Waals surface area contributed by atoms with E-state index in [1.165, 1.54) is 12.1 Å². The molecule has 0 atom stereocenters. The Kier molecular flexibility index (Phi) is 6.76. The number of hydrogen-bond acceptors (Lipinski definition) is 7. The predicted octanol–water partition coefficient (Wildman–Crippen LogP) is 2.39. The van der Waals surface area contributed by atoms with Gasteiger partial charge >= 0.3 is 11.9 Å². The summed E-state index contributed by atoms with van der Waals surface area (Å²) in [7, 11) is 0. The number of hydrogen-bond donors (Lipinski definition) is 1. The topological polar surface area (TPSA) is 117 Å². The smallest absolute Gasteiger partial charge is 0.359 e. The number of carbonyl (C=O) groups excluding carboxylic acids is 3. The van der Waals surface area contributed by atoms with Gasteiger partial charge in [-0.1, -0.05) is 30.3 Å². The van der Waals surface area contributed by atoms with Crippen molar-refractivity contribution < 1.29 is 23.9 Å². The largest absolute Gasteiger partial charge is 0.462 e. The monoisotopic (exact) mass is 423 g/mol. The third-order valence-electron chi connectivity index (χ3n) is 4.39. The van der Waals surface area contributed by atoms with Gasteiger partial charge in [0.2, 0.25) is 0 Å². The van der Waals surface area contributed by atoms with Gasteiger partial charge in [0, 0.05) is 11.9 Å². The van der Waals surface area contributed by atoms with Crippen LogP contribution in [0.4, 0.5) is 5.69 Å². The summed E-state index contributed by atoms with van der Waals surface area (Å²) in [6.07, 6.45) is 0. The van der Waals surface area contributed by atoms with E-state index in [0.29, 0.717) is 10.8 Å². The van der Waals surface area contributed by atoms with Crippen molar-refractivity contribution in [3.63, 3.8) is 0 Å². The number of para-hydroxylation sites is 1. The number of anilines is 1. The molecule has 3 rings (SSSR count). The Balaban J connectivity index is 1.75. The van der Waals surface area contributed by atoms with Crippen molar-refractivity contribution in [2.75, 3.05) is 18.5 Å². The summed E-state index contributed by atoms with van der Waals surface area (Å²) in [5.41, 5.74) is 0.0524. The number of esters is 2. The summed E-state index contributed by atoms with van der Waals surface area (Å²) in [6, 6.07) is 12.9. The van der Waals surface area contributed by atoms with Crippen molar-refractivity contribution in [2.45, 2.75) is 20.4 Å². The van der Waals surface area contributed by atoms with Crippen molar-refractivity contribution in [1.82, 2.24) is 9.78 Å². The molecule has 1 amide bonds. The van der Waals surface area contributed by atoms with E-state index in [-0.39, 0.29) is 35.7 Å². The van der Waals surface area contributed by atoms with Gasteiger partial charge in [-0.15, -0.1) is 0 Å². The lowest BCUT2D eigenvalue weighted by atomic mass is 10.1. The summed E-state index contributed by atoms with van der Waals surface area (Å²) in [5, 5.41) is 7.28. The number of carbonyl (C=O) groups is 3. The zero-order valence-electron chi connectivity index (χ0n) is 17.1. The number of aryl methyl sites for hydroxylation is 1. The Bertz CT molecular complexity index is 1200. The van der Waals surface area contributed by atoms with Crippen LogP contribution in [-0.2, 0) is 20.8 Å². The van der Waals surface area contributed by atoms with E-state index in [1.807, 2.05) is 0 Å². The summed E-state index contributed by atoms with van der Waals surface area (Å²) < 4.78 is 11.2. The van der Waals surface area contributed by atoms with Gasteiger partial charge in [-0.2, -0.15) is 5.10 Å². The first kappa shape index (κ1) is 21.7. The number of aromatic nitrogens is 2. The van der Waals surface area contributed by atoms with Crippen LogP contribution in [0.15, 0.2) is 53.3 Å². The second-order valence-corrected chi connectivity index (χ2v) is 6.41. The van der Waals surface area contributed by atoms with Crippen molar-refractivity contribution in [1.29, 1.82) is 0 Å². The molecule has 0 spiro atoms. The maximum Gasteiger partial charge on any atom is 0.359 e. The Morgan fingerprint density at radius 3 is 2.32 bits per heavy atom. The Morgan fingerprint density at radius 1 is 0.935 bits per heavy atom. The molecule has 0 aliphatic rings. The number of amides is 1. The molecule has 2 aromatic carbocycles. The predicted molar refractivity (Wildman–Crippen MR) is 113 cm³/mol. The van der Waals surface area contributed by atoms with E-state index in [9.17, 15) is 19.2 Å². The normalized spacial score (nSPS) is 10.5. The SMILES string of the molecule is CCOC(=O)c1ccccc1NC(=O)COC(=O)c1nn(CC)c(=O)c2ccccc12. The number of ether oxygens (including phenoxy) is 2. The lowest BCUT2D eigenvalue weighted by Crippen LogP contribution is -2.27. The third kappa shape index (κ3) is 4.77. The number of nitrogens with one attached hydrogen (secondary N) is 1. The van der Waals surface area contributed by atoms with Crippen LogP contribution in [0.25, 0.3) is 10.8 Å². The number of nitrogens with zero attached hydrogens (tertiary/aromatic N) is 2. The molecule has 31 heavy (non-hydrogen) atoms. The second kappa shape index (κ2) is 9.66. The fourth-order valence-corrected chi connectivity index (χ4v) is 2.96. The van der Waals surface area contributed by atoms with Crippen LogP contribution in [0.2, 0.25) is 0 Å². The summed E-state index contributed by atoms with van der Waals surface area (Å²) in [5.74, 6) is -2.06. The van der Waals surface area contributed by atoms with Crippen LogP contribution in [0, 0.1) is 0 Å². The highest BCUT2D eigenvalue weighted by molar-refractivity contribution is 6.04. The molecule has 9 heteroatoms. The summed E-state index contributed by atoms with van der Waals surface area (Å²) in [6.45, 7) is 3.27. The van der Waals surface area contributed by atoms with Gasteiger partial charge in [-0.05, 0) is 32.0 Å². The lowest BCUT2D eigenvalue weighted by Gasteiger charge is -2.11. The van der Waals surface area contributed by atoms with E-state index >= 15 is 0 Å². The Morgan fingerprint density at radius 2 is 1.61 bits per heavy atom. The second-order valence-electron chi connectivity index (χ2n) is 6.41. The molecule has 1 heterocycles. The molecule has 0 aliphatic heterocycles. The molecule has 3 aromatic rings. The highest BCUT2D eigenvalue weighted by Crippen LogP contribution is 2.17. The fourth-order valence-electron chi connectivity index (χ4n) is 2.96. The molecule has 0 saturated heterocycles. The van der Waals surface area contributed by atoms with Gasteiger partial charge in [0.15, 0.2) is 12.3 Å².